The molecule has 3 amide bonds. The molecule has 200 valence electrons. The van der Waals surface area contributed by atoms with E-state index in [0.717, 1.165) is 28.0 Å². The Kier molecular flexibility index (Phi) is 8.74. The van der Waals surface area contributed by atoms with Gasteiger partial charge in [0, 0.05) is 25.4 Å². The molecular formula is C28H26N4O5S2. The molecule has 4 rings (SSSR count). The van der Waals surface area contributed by atoms with Crippen LogP contribution in [-0.4, -0.2) is 33.6 Å². The summed E-state index contributed by atoms with van der Waals surface area (Å²) in [5.41, 5.74) is 5.99. The number of thiophene rings is 2. The van der Waals surface area contributed by atoms with Crippen LogP contribution < -0.4 is 16.1 Å². The third kappa shape index (κ3) is 7.09. The number of hydrogen-bond donors (Lipinski definition) is 5. The number of amides is 3. The maximum Gasteiger partial charge on any atom is 0.281 e. The van der Waals surface area contributed by atoms with E-state index in [1.807, 2.05) is 24.3 Å². The van der Waals surface area contributed by atoms with Crippen LogP contribution >= 0.6 is 22.7 Å². The van der Waals surface area contributed by atoms with Crippen LogP contribution in [0.5, 0.6) is 11.5 Å². The number of rotatable bonds is 9. The zero-order valence-corrected chi connectivity index (χ0v) is 22.8. The number of hydrogen-bond acceptors (Lipinski definition) is 8. The number of aromatic hydroxyl groups is 2. The minimum absolute atomic E-state index is 0.0404. The first-order valence-electron chi connectivity index (χ1n) is 11.9. The van der Waals surface area contributed by atoms with Crippen LogP contribution in [0.25, 0.3) is 10.4 Å². The Morgan fingerprint density at radius 3 is 2.00 bits per heavy atom. The molecule has 2 aromatic carbocycles. The molecule has 0 unspecified atom stereocenters. The molecule has 5 N–H and O–H groups in total. The molecule has 9 nitrogen and oxygen atoms in total. The first kappa shape index (κ1) is 27.6. The maximum absolute atomic E-state index is 12.6. The number of phenolic OH excluding ortho intramolecular Hbond substituents is 1. The molecule has 0 aliphatic carbocycles. The number of hydrazone groups is 1. The largest absolute Gasteiger partial charge is 0.508 e. The Hall–Kier alpha value is -4.48. The van der Waals surface area contributed by atoms with Crippen LogP contribution in [0.2, 0.25) is 0 Å². The van der Waals surface area contributed by atoms with E-state index in [-0.39, 0.29) is 23.3 Å². The van der Waals surface area contributed by atoms with E-state index in [4.69, 9.17) is 0 Å². The Morgan fingerprint density at radius 1 is 0.795 bits per heavy atom. The number of carbonyl (C=O) groups is 3. The molecular weight excluding hydrogens is 536 g/mol. The summed E-state index contributed by atoms with van der Waals surface area (Å²) >= 11 is 2.37. The van der Waals surface area contributed by atoms with E-state index < -0.39 is 5.91 Å². The average Bonchev–Trinajstić information content (AvgIpc) is 3.58. The van der Waals surface area contributed by atoms with E-state index >= 15 is 0 Å². The molecule has 2 aromatic heterocycles. The number of nitrogens with one attached hydrogen (secondary N) is 3. The standard InChI is InChI=1S/C28H26N4O5S2/c1-16(22-15-38-26(25(22)35)20-7-9-21(34)10-8-20)31-32-28(37)24-12-11-23(39-24)27(36)30-14-19-5-3-18(4-6-19)13-29-17(2)33/h3-12,15,34-35H,13-14H2,1-2H3,(H,29,33)(H,30,36)(H,32,37)/b31-16+. The zero-order valence-electron chi connectivity index (χ0n) is 21.1. The second-order valence-electron chi connectivity index (χ2n) is 8.58. The number of carbonyl (C=O) groups excluding carboxylic acids is 3. The third-order valence-corrected chi connectivity index (χ3v) is 7.78. The summed E-state index contributed by atoms with van der Waals surface area (Å²) in [6, 6.07) is 17.2. The summed E-state index contributed by atoms with van der Waals surface area (Å²) in [5, 5.41) is 31.6. The molecule has 11 heteroatoms. The fourth-order valence-corrected chi connectivity index (χ4v) is 5.35. The van der Waals surface area contributed by atoms with Crippen molar-refractivity contribution in [2.75, 3.05) is 0 Å². The lowest BCUT2D eigenvalue weighted by atomic mass is 10.1. The smallest absolute Gasteiger partial charge is 0.281 e. The summed E-state index contributed by atoms with van der Waals surface area (Å²) in [4.78, 5) is 37.6. The molecule has 0 saturated heterocycles. The number of benzene rings is 2. The van der Waals surface area contributed by atoms with Crippen LogP contribution in [-0.2, 0) is 17.9 Å². The summed E-state index contributed by atoms with van der Waals surface area (Å²) in [5.74, 6) is -0.693. The van der Waals surface area contributed by atoms with Gasteiger partial charge in [-0.2, -0.15) is 5.10 Å². The van der Waals surface area contributed by atoms with Gasteiger partial charge in [0.25, 0.3) is 11.8 Å². The van der Waals surface area contributed by atoms with Gasteiger partial charge >= 0.3 is 0 Å². The summed E-state index contributed by atoms with van der Waals surface area (Å²) in [6.07, 6.45) is 0. The topological polar surface area (TPSA) is 140 Å². The van der Waals surface area contributed by atoms with Gasteiger partial charge in [-0.1, -0.05) is 24.3 Å². The molecule has 0 atom stereocenters. The van der Waals surface area contributed by atoms with Crippen molar-refractivity contribution in [3.05, 3.63) is 92.5 Å². The molecule has 0 bridgehead atoms. The molecule has 2 heterocycles. The highest BCUT2D eigenvalue weighted by Gasteiger charge is 2.17. The van der Waals surface area contributed by atoms with Gasteiger partial charge in [-0.3, -0.25) is 14.4 Å². The van der Waals surface area contributed by atoms with Crippen LogP contribution in [0.15, 0.2) is 71.1 Å². The van der Waals surface area contributed by atoms with Crippen LogP contribution in [0, 0.1) is 0 Å². The van der Waals surface area contributed by atoms with E-state index in [0.29, 0.717) is 39.0 Å². The highest BCUT2D eigenvalue weighted by Crippen LogP contribution is 2.39. The zero-order chi connectivity index (χ0) is 27.9. The lowest BCUT2D eigenvalue weighted by Gasteiger charge is -2.06. The second-order valence-corrected chi connectivity index (χ2v) is 10.5. The molecule has 0 radical (unpaired) electrons. The maximum atomic E-state index is 12.6. The quantitative estimate of drug-likeness (QED) is 0.150. The molecule has 4 aromatic rings. The molecule has 39 heavy (non-hydrogen) atoms. The number of nitrogens with zero attached hydrogens (tertiary/aromatic N) is 1. The Morgan fingerprint density at radius 2 is 1.38 bits per heavy atom. The van der Waals surface area contributed by atoms with E-state index in [2.05, 4.69) is 21.2 Å². The molecule has 0 aliphatic rings. The minimum atomic E-state index is -0.471. The molecule has 0 saturated carbocycles. The Labute approximate surface area is 232 Å². The fraction of sp³-hybridized carbons (Fsp3) is 0.143. The second kappa shape index (κ2) is 12.4. The van der Waals surface area contributed by atoms with Gasteiger partial charge < -0.3 is 20.8 Å². The van der Waals surface area contributed by atoms with Crippen molar-refractivity contribution in [1.82, 2.24) is 16.1 Å². The predicted molar refractivity (Wildman–Crippen MR) is 152 cm³/mol. The summed E-state index contributed by atoms with van der Waals surface area (Å²) in [6.45, 7) is 3.90. The van der Waals surface area contributed by atoms with Crippen molar-refractivity contribution >= 4 is 46.1 Å². The lowest BCUT2D eigenvalue weighted by Crippen LogP contribution is -2.22. The van der Waals surface area contributed by atoms with Gasteiger partial charge in [-0.25, -0.2) is 5.43 Å². The average molecular weight is 563 g/mol. The van der Waals surface area contributed by atoms with E-state index in [1.54, 1.807) is 48.7 Å². The van der Waals surface area contributed by atoms with Crippen LogP contribution in [0.3, 0.4) is 0 Å². The SMILES string of the molecule is CC(=O)NCc1ccc(CNC(=O)c2ccc(C(=O)N/N=C(\C)c3csc(-c4ccc(O)cc4)c3O)s2)cc1. The van der Waals surface area contributed by atoms with Gasteiger partial charge in [-0.05, 0) is 60.0 Å². The lowest BCUT2D eigenvalue weighted by molar-refractivity contribution is -0.119. The minimum Gasteiger partial charge on any atom is -0.508 e. The highest BCUT2D eigenvalue weighted by molar-refractivity contribution is 7.16. The first-order valence-corrected chi connectivity index (χ1v) is 13.6. The van der Waals surface area contributed by atoms with Crippen molar-refractivity contribution in [3.63, 3.8) is 0 Å². The van der Waals surface area contributed by atoms with Crippen LogP contribution in [0.1, 0.15) is 49.9 Å². The van der Waals surface area contributed by atoms with Crippen molar-refractivity contribution in [2.45, 2.75) is 26.9 Å². The highest BCUT2D eigenvalue weighted by atomic mass is 32.1. The summed E-state index contributed by atoms with van der Waals surface area (Å²) < 4.78 is 0. The Balaban J connectivity index is 1.32. The predicted octanol–water partition coefficient (Wildman–Crippen LogP) is 4.61. The first-order chi connectivity index (χ1) is 18.7. The van der Waals surface area contributed by atoms with E-state index in [1.165, 1.54) is 18.3 Å². The molecule has 0 spiro atoms. The van der Waals surface area contributed by atoms with Gasteiger partial charge in [0.2, 0.25) is 5.91 Å². The Bertz CT molecular complexity index is 1520. The normalized spacial score (nSPS) is 11.2. The van der Waals surface area contributed by atoms with Crippen LogP contribution in [0.4, 0.5) is 0 Å². The van der Waals surface area contributed by atoms with Crippen molar-refractivity contribution in [1.29, 1.82) is 0 Å². The third-order valence-electron chi connectivity index (χ3n) is 5.68. The monoisotopic (exact) mass is 562 g/mol. The van der Waals surface area contributed by atoms with Gasteiger partial charge in [0.15, 0.2) is 0 Å². The molecule has 0 fully saturated rings. The number of phenols is 1. The van der Waals surface area contributed by atoms with Gasteiger partial charge in [0.05, 0.1) is 25.9 Å². The molecule has 0 aliphatic heterocycles. The van der Waals surface area contributed by atoms with Crippen molar-refractivity contribution in [2.24, 2.45) is 5.10 Å². The fourth-order valence-electron chi connectivity index (χ4n) is 3.53. The van der Waals surface area contributed by atoms with Crippen molar-refractivity contribution < 1.29 is 24.6 Å². The summed E-state index contributed by atoms with van der Waals surface area (Å²) in [7, 11) is 0. The van der Waals surface area contributed by atoms with E-state index in [9.17, 15) is 24.6 Å². The van der Waals surface area contributed by atoms with Gasteiger partial charge in [0.1, 0.15) is 11.5 Å². The van der Waals surface area contributed by atoms with Gasteiger partial charge in [-0.15, -0.1) is 22.7 Å². The van der Waals surface area contributed by atoms with Crippen molar-refractivity contribution in [3.8, 4) is 21.9 Å².